The van der Waals surface area contributed by atoms with Gasteiger partial charge in [0.25, 0.3) is 5.91 Å². The average molecular weight is 516 g/mol. The van der Waals surface area contributed by atoms with Crippen LogP contribution in [0, 0.1) is 6.92 Å². The molecular weight excluding hydrogens is 482 g/mol. The van der Waals surface area contributed by atoms with Crippen LogP contribution in [0.15, 0.2) is 42.5 Å². The summed E-state index contributed by atoms with van der Waals surface area (Å²) in [5.41, 5.74) is 0.464. The molecule has 194 valence electrons. The second-order valence-corrected chi connectivity index (χ2v) is 10.6. The van der Waals surface area contributed by atoms with E-state index in [0.717, 1.165) is 30.8 Å². The second kappa shape index (κ2) is 10.7. The van der Waals surface area contributed by atoms with E-state index in [9.17, 15) is 14.7 Å². The lowest BCUT2D eigenvalue weighted by molar-refractivity contribution is -0.130. The second-order valence-electron chi connectivity index (χ2n) is 10.2. The maximum absolute atomic E-state index is 12.2. The number of hydrogen-bond donors (Lipinski definition) is 2. The number of ether oxygens (including phenoxy) is 2. The van der Waals surface area contributed by atoms with E-state index in [0.29, 0.717) is 29.4 Å². The first kappa shape index (κ1) is 26.3. The summed E-state index contributed by atoms with van der Waals surface area (Å²) < 4.78 is 11.6. The van der Waals surface area contributed by atoms with Crippen molar-refractivity contribution in [2.75, 3.05) is 32.8 Å². The minimum atomic E-state index is -0.871. The van der Waals surface area contributed by atoms with Crippen LogP contribution in [0.5, 0.6) is 11.5 Å². The molecule has 0 saturated carbocycles. The highest BCUT2D eigenvalue weighted by Crippen LogP contribution is 2.29. The van der Waals surface area contributed by atoms with E-state index in [1.807, 2.05) is 49.4 Å². The number of rotatable bonds is 9. The first-order valence-electron chi connectivity index (χ1n) is 12.2. The fraction of sp³-hybridized carbons (Fsp3) is 0.481. The SMILES string of the molecule is Cc1ccc(Cl)c(OCC2(O)CCN(Cc3ccc(OCCN4C(=O)NC(C)(C)C4=O)cc3)CC2)c1. The lowest BCUT2D eigenvalue weighted by Gasteiger charge is -2.38. The Bertz CT molecular complexity index is 1100. The quantitative estimate of drug-likeness (QED) is 0.494. The maximum atomic E-state index is 12.2. The van der Waals surface area contributed by atoms with E-state index in [4.69, 9.17) is 21.1 Å². The van der Waals surface area contributed by atoms with Gasteiger partial charge in [0.15, 0.2) is 0 Å². The van der Waals surface area contributed by atoms with Crippen molar-refractivity contribution in [1.29, 1.82) is 0 Å². The molecule has 2 aliphatic rings. The van der Waals surface area contributed by atoms with Crippen molar-refractivity contribution in [1.82, 2.24) is 15.1 Å². The van der Waals surface area contributed by atoms with Gasteiger partial charge in [-0.15, -0.1) is 0 Å². The fourth-order valence-corrected chi connectivity index (χ4v) is 4.60. The molecule has 0 aliphatic carbocycles. The summed E-state index contributed by atoms with van der Waals surface area (Å²) in [5, 5.41) is 14.2. The van der Waals surface area contributed by atoms with Crippen LogP contribution in [0.25, 0.3) is 0 Å². The van der Waals surface area contributed by atoms with Crippen molar-refractivity contribution < 1.29 is 24.2 Å². The Balaban J connectivity index is 1.20. The number of aryl methyl sites for hydroxylation is 1. The molecule has 36 heavy (non-hydrogen) atoms. The third-order valence-electron chi connectivity index (χ3n) is 6.73. The molecule has 0 radical (unpaired) electrons. The summed E-state index contributed by atoms with van der Waals surface area (Å²) in [4.78, 5) is 27.7. The number of amides is 3. The summed E-state index contributed by atoms with van der Waals surface area (Å²) >= 11 is 6.21. The van der Waals surface area contributed by atoms with Gasteiger partial charge in [-0.3, -0.25) is 14.6 Å². The Morgan fingerprint density at radius 1 is 1.06 bits per heavy atom. The maximum Gasteiger partial charge on any atom is 0.325 e. The summed E-state index contributed by atoms with van der Waals surface area (Å²) in [6.45, 7) is 8.31. The van der Waals surface area contributed by atoms with Gasteiger partial charge < -0.3 is 19.9 Å². The molecule has 8 nitrogen and oxygen atoms in total. The Labute approximate surface area is 217 Å². The van der Waals surface area contributed by atoms with Gasteiger partial charge in [0.2, 0.25) is 0 Å². The highest BCUT2D eigenvalue weighted by atomic mass is 35.5. The monoisotopic (exact) mass is 515 g/mol. The predicted octanol–water partition coefficient (Wildman–Crippen LogP) is 3.76. The number of benzene rings is 2. The van der Waals surface area contributed by atoms with E-state index in [2.05, 4.69) is 10.2 Å². The molecule has 2 aromatic rings. The molecule has 2 N–H and O–H groups in total. The molecule has 0 bridgehead atoms. The molecule has 2 aliphatic heterocycles. The smallest absolute Gasteiger partial charge is 0.325 e. The van der Waals surface area contributed by atoms with Crippen LogP contribution in [-0.2, 0) is 11.3 Å². The van der Waals surface area contributed by atoms with E-state index < -0.39 is 11.1 Å². The Morgan fingerprint density at radius 2 is 1.75 bits per heavy atom. The van der Waals surface area contributed by atoms with E-state index in [1.54, 1.807) is 13.8 Å². The summed E-state index contributed by atoms with van der Waals surface area (Å²) in [7, 11) is 0. The van der Waals surface area contributed by atoms with Crippen molar-refractivity contribution in [2.45, 2.75) is 51.3 Å². The number of halogens is 1. The zero-order chi connectivity index (χ0) is 25.9. The van der Waals surface area contributed by atoms with Gasteiger partial charge in [0.1, 0.15) is 35.9 Å². The number of piperidine rings is 1. The molecule has 3 amide bonds. The van der Waals surface area contributed by atoms with Crippen molar-refractivity contribution in [3.8, 4) is 11.5 Å². The average Bonchev–Trinajstić information content (AvgIpc) is 3.03. The van der Waals surface area contributed by atoms with Gasteiger partial charge in [-0.05, 0) is 69.0 Å². The van der Waals surface area contributed by atoms with E-state index in [1.165, 1.54) is 4.90 Å². The van der Waals surface area contributed by atoms with Crippen LogP contribution in [-0.4, -0.2) is 70.8 Å². The fourth-order valence-electron chi connectivity index (χ4n) is 4.43. The number of nitrogens with one attached hydrogen (secondary N) is 1. The lowest BCUT2D eigenvalue weighted by atomic mass is 9.92. The molecule has 4 rings (SSSR count). The molecule has 0 aromatic heterocycles. The van der Waals surface area contributed by atoms with Gasteiger partial charge >= 0.3 is 6.03 Å². The van der Waals surface area contributed by atoms with Crippen LogP contribution in [0.3, 0.4) is 0 Å². The first-order valence-corrected chi connectivity index (χ1v) is 12.6. The highest BCUT2D eigenvalue weighted by molar-refractivity contribution is 6.32. The molecule has 2 saturated heterocycles. The zero-order valence-corrected chi connectivity index (χ0v) is 21.8. The number of imide groups is 1. The normalized spacial score (nSPS) is 19.3. The molecule has 2 fully saturated rings. The topological polar surface area (TPSA) is 91.3 Å². The Morgan fingerprint density at radius 3 is 2.39 bits per heavy atom. The van der Waals surface area contributed by atoms with Crippen LogP contribution in [0.1, 0.15) is 37.8 Å². The largest absolute Gasteiger partial charge is 0.492 e. The number of likely N-dealkylation sites (tertiary alicyclic amines) is 1. The van der Waals surface area contributed by atoms with E-state index >= 15 is 0 Å². The summed E-state index contributed by atoms with van der Waals surface area (Å²) in [5.74, 6) is 1.05. The predicted molar refractivity (Wildman–Crippen MR) is 137 cm³/mol. The van der Waals surface area contributed by atoms with Crippen LogP contribution in [0.4, 0.5) is 4.79 Å². The molecular formula is C27H34ClN3O5. The lowest BCUT2D eigenvalue weighted by Crippen LogP contribution is -2.47. The van der Waals surface area contributed by atoms with Gasteiger partial charge in [-0.1, -0.05) is 29.8 Å². The van der Waals surface area contributed by atoms with Crippen LogP contribution in [0.2, 0.25) is 5.02 Å². The molecule has 0 unspecified atom stereocenters. The van der Waals surface area contributed by atoms with Crippen molar-refractivity contribution in [3.05, 3.63) is 58.6 Å². The number of carbonyl (C=O) groups excluding carboxylic acids is 2. The number of aliphatic hydroxyl groups is 1. The highest BCUT2D eigenvalue weighted by Gasteiger charge is 2.43. The third kappa shape index (κ3) is 6.30. The molecule has 9 heteroatoms. The standard InChI is InChI=1S/C27H34ClN3O5/c1-19-4-9-22(28)23(16-19)36-18-27(34)10-12-30(13-11-27)17-20-5-7-21(8-6-20)35-15-14-31-24(32)26(2,3)29-25(31)33/h4-9,16,34H,10-15,17-18H2,1-3H3,(H,29,33). The third-order valence-corrected chi connectivity index (χ3v) is 7.04. The zero-order valence-electron chi connectivity index (χ0n) is 21.1. The number of nitrogens with zero attached hydrogens (tertiary/aromatic N) is 2. The number of hydrogen-bond acceptors (Lipinski definition) is 6. The summed E-state index contributed by atoms with van der Waals surface area (Å²) in [6, 6.07) is 13.0. The first-order chi connectivity index (χ1) is 17.0. The molecule has 0 atom stereocenters. The minimum absolute atomic E-state index is 0.201. The Kier molecular flexibility index (Phi) is 7.78. The number of carbonyl (C=O) groups is 2. The van der Waals surface area contributed by atoms with E-state index in [-0.39, 0.29) is 31.7 Å². The summed E-state index contributed by atoms with van der Waals surface area (Å²) in [6.07, 6.45) is 1.24. The van der Waals surface area contributed by atoms with Gasteiger partial charge in [0.05, 0.1) is 11.6 Å². The van der Waals surface area contributed by atoms with Crippen molar-refractivity contribution in [3.63, 3.8) is 0 Å². The molecule has 2 aromatic carbocycles. The molecule has 2 heterocycles. The van der Waals surface area contributed by atoms with Gasteiger partial charge in [-0.2, -0.15) is 0 Å². The molecule has 0 spiro atoms. The van der Waals surface area contributed by atoms with Crippen molar-refractivity contribution >= 4 is 23.5 Å². The van der Waals surface area contributed by atoms with Gasteiger partial charge in [-0.25, -0.2) is 4.79 Å². The number of urea groups is 1. The Hall–Kier alpha value is -2.81. The minimum Gasteiger partial charge on any atom is -0.492 e. The van der Waals surface area contributed by atoms with Crippen molar-refractivity contribution in [2.24, 2.45) is 0 Å². The van der Waals surface area contributed by atoms with Crippen LogP contribution >= 0.6 is 11.6 Å². The van der Waals surface area contributed by atoms with Crippen LogP contribution < -0.4 is 14.8 Å². The van der Waals surface area contributed by atoms with Gasteiger partial charge in [0, 0.05) is 19.6 Å².